The number of nitrogens with zero attached hydrogens (tertiary/aromatic N) is 5. The molecule has 0 bridgehead atoms. The Labute approximate surface area is 168 Å². The molecule has 0 spiro atoms. The average molecular weight is 393 g/mol. The summed E-state index contributed by atoms with van der Waals surface area (Å²) < 4.78 is 11.3. The van der Waals surface area contributed by atoms with Gasteiger partial charge < -0.3 is 14.2 Å². The molecule has 8 heteroatoms. The Morgan fingerprint density at radius 1 is 1.24 bits per heavy atom. The molecular weight excluding hydrogens is 370 g/mol. The first-order valence-electron chi connectivity index (χ1n) is 9.68. The predicted octanol–water partition coefficient (Wildman–Crippen LogP) is 2.92. The van der Waals surface area contributed by atoms with Gasteiger partial charge in [0.05, 0.1) is 41.4 Å². The van der Waals surface area contributed by atoms with E-state index in [0.29, 0.717) is 31.1 Å². The van der Waals surface area contributed by atoms with E-state index in [4.69, 9.17) is 14.2 Å². The fourth-order valence-corrected chi connectivity index (χ4v) is 3.45. The summed E-state index contributed by atoms with van der Waals surface area (Å²) in [6.07, 6.45) is 3.57. The molecular formula is C21H23N5O3. The minimum absolute atomic E-state index is 0.0994. The van der Waals surface area contributed by atoms with Crippen molar-refractivity contribution in [3.05, 3.63) is 59.1 Å². The molecule has 29 heavy (non-hydrogen) atoms. The molecule has 1 aliphatic heterocycles. The number of hydrogen-bond donors (Lipinski definition) is 0. The van der Waals surface area contributed by atoms with Crippen LogP contribution in [0, 0.1) is 13.8 Å². The van der Waals surface area contributed by atoms with Gasteiger partial charge in [-0.25, -0.2) is 15.0 Å². The van der Waals surface area contributed by atoms with E-state index in [-0.39, 0.29) is 12.0 Å². The summed E-state index contributed by atoms with van der Waals surface area (Å²) in [5, 5.41) is 4.07. The molecule has 1 saturated heterocycles. The number of rotatable bonds is 4. The first-order chi connectivity index (χ1) is 14.1. The zero-order valence-electron chi connectivity index (χ0n) is 16.8. The number of hydrogen-bond acceptors (Lipinski definition) is 7. The van der Waals surface area contributed by atoms with Gasteiger partial charge in [0.2, 0.25) is 0 Å². The number of ether oxygens (including phenoxy) is 1. The monoisotopic (exact) mass is 393 g/mol. The summed E-state index contributed by atoms with van der Waals surface area (Å²) in [7, 11) is 0. The standard InChI is InChI=1S/C21H23N5O3/c1-4-18-20(13(2)25-29-18)17-7-5-6-16(24-17)19-12-26(8-9-28-19)21(27)15-10-22-14(3)23-11-15/h5-7,10-11,19H,4,8-9,12H2,1-3H3/t19-/m1/s1. The number of aryl methyl sites for hydroxylation is 3. The second-order valence-corrected chi connectivity index (χ2v) is 7.00. The van der Waals surface area contributed by atoms with E-state index < -0.39 is 0 Å². The second-order valence-electron chi connectivity index (χ2n) is 7.00. The van der Waals surface area contributed by atoms with E-state index in [2.05, 4.69) is 15.1 Å². The summed E-state index contributed by atoms with van der Waals surface area (Å²) in [4.78, 5) is 27.6. The van der Waals surface area contributed by atoms with Crippen LogP contribution in [0.4, 0.5) is 0 Å². The quantitative estimate of drug-likeness (QED) is 0.672. The highest BCUT2D eigenvalue weighted by Crippen LogP contribution is 2.29. The smallest absolute Gasteiger partial charge is 0.257 e. The van der Waals surface area contributed by atoms with E-state index in [9.17, 15) is 4.79 Å². The van der Waals surface area contributed by atoms with Gasteiger partial charge in [-0.1, -0.05) is 18.1 Å². The predicted molar refractivity (Wildman–Crippen MR) is 105 cm³/mol. The van der Waals surface area contributed by atoms with Crippen molar-refractivity contribution in [3.8, 4) is 11.3 Å². The van der Waals surface area contributed by atoms with Crippen molar-refractivity contribution in [2.75, 3.05) is 19.7 Å². The Balaban J connectivity index is 1.56. The van der Waals surface area contributed by atoms with Crippen molar-refractivity contribution in [1.29, 1.82) is 0 Å². The van der Waals surface area contributed by atoms with E-state index in [1.807, 2.05) is 32.0 Å². The molecule has 0 N–H and O–H groups in total. The third-order valence-electron chi connectivity index (χ3n) is 4.99. The summed E-state index contributed by atoms with van der Waals surface area (Å²) in [6.45, 7) is 7.11. The lowest BCUT2D eigenvalue weighted by atomic mass is 10.1. The fraction of sp³-hybridized carbons (Fsp3) is 0.381. The largest absolute Gasteiger partial charge is 0.368 e. The number of carbonyl (C=O) groups is 1. The zero-order valence-corrected chi connectivity index (χ0v) is 16.8. The van der Waals surface area contributed by atoms with Crippen LogP contribution < -0.4 is 0 Å². The lowest BCUT2D eigenvalue weighted by molar-refractivity contribution is -0.0247. The lowest BCUT2D eigenvalue weighted by Crippen LogP contribution is -2.42. The van der Waals surface area contributed by atoms with Crippen molar-refractivity contribution in [2.24, 2.45) is 0 Å². The molecule has 1 fully saturated rings. The fourth-order valence-electron chi connectivity index (χ4n) is 3.45. The van der Waals surface area contributed by atoms with Crippen LogP contribution in [0.15, 0.2) is 35.1 Å². The van der Waals surface area contributed by atoms with Crippen LogP contribution in [0.2, 0.25) is 0 Å². The first-order valence-corrected chi connectivity index (χ1v) is 9.68. The van der Waals surface area contributed by atoms with Crippen LogP contribution in [-0.4, -0.2) is 50.6 Å². The SMILES string of the molecule is CCc1onc(C)c1-c1cccc([C@H]2CN(C(=O)c3cnc(C)nc3)CCO2)n1. The van der Waals surface area contributed by atoms with Crippen molar-refractivity contribution >= 4 is 5.91 Å². The molecule has 3 aromatic heterocycles. The van der Waals surface area contributed by atoms with E-state index in [1.165, 1.54) is 0 Å². The highest BCUT2D eigenvalue weighted by molar-refractivity contribution is 5.93. The molecule has 4 heterocycles. The molecule has 0 radical (unpaired) electrons. The third-order valence-corrected chi connectivity index (χ3v) is 4.99. The highest BCUT2D eigenvalue weighted by Gasteiger charge is 2.28. The molecule has 0 aromatic carbocycles. The van der Waals surface area contributed by atoms with Crippen molar-refractivity contribution in [2.45, 2.75) is 33.3 Å². The van der Waals surface area contributed by atoms with E-state index >= 15 is 0 Å². The molecule has 1 amide bonds. The van der Waals surface area contributed by atoms with E-state index in [1.54, 1.807) is 24.2 Å². The molecule has 3 aromatic rings. The molecule has 4 rings (SSSR count). The molecule has 1 atom stereocenters. The minimum atomic E-state index is -0.302. The maximum absolute atomic E-state index is 12.8. The van der Waals surface area contributed by atoms with Gasteiger partial charge >= 0.3 is 0 Å². The van der Waals surface area contributed by atoms with Gasteiger partial charge in [-0.05, 0) is 26.0 Å². The number of morpholine rings is 1. The maximum atomic E-state index is 12.8. The number of aromatic nitrogens is 4. The average Bonchev–Trinajstić information content (AvgIpc) is 3.14. The van der Waals surface area contributed by atoms with Crippen LogP contribution in [0.5, 0.6) is 0 Å². The van der Waals surface area contributed by atoms with Crippen molar-refractivity contribution < 1.29 is 14.1 Å². The summed E-state index contributed by atoms with van der Waals surface area (Å²) in [5.41, 5.74) is 3.80. The molecule has 8 nitrogen and oxygen atoms in total. The maximum Gasteiger partial charge on any atom is 0.257 e. The number of carbonyl (C=O) groups excluding carboxylic acids is 1. The van der Waals surface area contributed by atoms with Gasteiger partial charge in [0.25, 0.3) is 5.91 Å². The Kier molecular flexibility index (Phi) is 5.35. The topological polar surface area (TPSA) is 94.2 Å². The van der Waals surface area contributed by atoms with Gasteiger partial charge in [0.1, 0.15) is 17.7 Å². The van der Waals surface area contributed by atoms with Gasteiger partial charge in [-0.15, -0.1) is 0 Å². The normalized spacial score (nSPS) is 16.8. The molecule has 150 valence electrons. The Morgan fingerprint density at radius 2 is 2.03 bits per heavy atom. The summed E-state index contributed by atoms with van der Waals surface area (Å²) >= 11 is 0. The van der Waals surface area contributed by atoms with Crippen molar-refractivity contribution in [1.82, 2.24) is 25.0 Å². The summed E-state index contributed by atoms with van der Waals surface area (Å²) in [6, 6.07) is 5.81. The van der Waals surface area contributed by atoms with Gasteiger partial charge in [-0.3, -0.25) is 4.79 Å². The van der Waals surface area contributed by atoms with E-state index in [0.717, 1.165) is 34.8 Å². The Morgan fingerprint density at radius 3 is 2.79 bits per heavy atom. The molecule has 0 saturated carbocycles. The Bertz CT molecular complexity index is 1020. The number of pyridine rings is 1. The molecule has 0 unspecified atom stereocenters. The lowest BCUT2D eigenvalue weighted by Gasteiger charge is -2.32. The molecule has 0 aliphatic carbocycles. The Hall–Kier alpha value is -3.13. The van der Waals surface area contributed by atoms with Crippen LogP contribution in [0.25, 0.3) is 11.3 Å². The van der Waals surface area contributed by atoms with Crippen LogP contribution in [-0.2, 0) is 11.2 Å². The van der Waals surface area contributed by atoms with Crippen molar-refractivity contribution in [3.63, 3.8) is 0 Å². The third kappa shape index (κ3) is 3.88. The van der Waals surface area contributed by atoms with Gasteiger partial charge in [0.15, 0.2) is 0 Å². The first kappa shape index (κ1) is 19.2. The molecule has 1 aliphatic rings. The van der Waals surface area contributed by atoms with Crippen LogP contribution in [0.3, 0.4) is 0 Å². The minimum Gasteiger partial charge on any atom is -0.368 e. The van der Waals surface area contributed by atoms with Gasteiger partial charge in [-0.2, -0.15) is 0 Å². The van der Waals surface area contributed by atoms with Crippen LogP contribution >= 0.6 is 0 Å². The zero-order chi connectivity index (χ0) is 20.4. The second kappa shape index (κ2) is 8.08. The van der Waals surface area contributed by atoms with Gasteiger partial charge in [0, 0.05) is 25.4 Å². The highest BCUT2D eigenvalue weighted by atomic mass is 16.5. The van der Waals surface area contributed by atoms with Crippen LogP contribution in [0.1, 0.15) is 46.4 Å². The summed E-state index contributed by atoms with van der Waals surface area (Å²) in [5.74, 6) is 1.35. The number of amides is 1.